The standard InChI is InChI=1S/C15H24ClNS/c1-3-5-6-9-18-15-11-13(16)8-7-12(15)10-14(17)4-2/h7-8,11,14H,3-6,9-10,17H2,1-2H3. The van der Waals surface area contributed by atoms with Gasteiger partial charge < -0.3 is 5.73 Å². The third-order valence-electron chi connectivity index (χ3n) is 3.04. The summed E-state index contributed by atoms with van der Waals surface area (Å²) in [6.45, 7) is 4.37. The molecule has 1 rings (SSSR count). The van der Waals surface area contributed by atoms with E-state index in [0.717, 1.165) is 17.9 Å². The van der Waals surface area contributed by atoms with Crippen molar-refractivity contribution in [1.29, 1.82) is 0 Å². The number of unbranched alkanes of at least 4 members (excludes halogenated alkanes) is 2. The summed E-state index contributed by atoms with van der Waals surface area (Å²) in [5.41, 5.74) is 7.39. The van der Waals surface area contributed by atoms with Crippen molar-refractivity contribution in [3.05, 3.63) is 28.8 Å². The Morgan fingerprint density at radius 3 is 2.72 bits per heavy atom. The zero-order valence-electron chi connectivity index (χ0n) is 11.4. The van der Waals surface area contributed by atoms with Crippen LogP contribution in [0.1, 0.15) is 45.1 Å². The zero-order chi connectivity index (χ0) is 13.4. The summed E-state index contributed by atoms with van der Waals surface area (Å²) >= 11 is 8.00. The van der Waals surface area contributed by atoms with E-state index in [1.165, 1.54) is 35.5 Å². The van der Waals surface area contributed by atoms with E-state index >= 15 is 0 Å². The normalized spacial score (nSPS) is 12.7. The van der Waals surface area contributed by atoms with Crippen LogP contribution in [0.4, 0.5) is 0 Å². The van der Waals surface area contributed by atoms with E-state index in [1.54, 1.807) is 0 Å². The maximum absolute atomic E-state index is 6.08. The third-order valence-corrected chi connectivity index (χ3v) is 4.46. The monoisotopic (exact) mass is 285 g/mol. The highest BCUT2D eigenvalue weighted by atomic mass is 35.5. The lowest BCUT2D eigenvalue weighted by Gasteiger charge is -2.13. The van der Waals surface area contributed by atoms with Crippen LogP contribution < -0.4 is 5.73 Å². The highest BCUT2D eigenvalue weighted by molar-refractivity contribution is 7.99. The molecule has 0 aromatic heterocycles. The lowest BCUT2D eigenvalue weighted by Crippen LogP contribution is -2.21. The largest absolute Gasteiger partial charge is 0.327 e. The molecule has 2 N–H and O–H groups in total. The molecule has 1 unspecified atom stereocenters. The SMILES string of the molecule is CCCCCSc1cc(Cl)ccc1CC(N)CC. The van der Waals surface area contributed by atoms with Gasteiger partial charge in [-0.1, -0.05) is 44.4 Å². The van der Waals surface area contributed by atoms with Gasteiger partial charge in [-0.05, 0) is 42.7 Å². The van der Waals surface area contributed by atoms with Crippen molar-refractivity contribution in [2.24, 2.45) is 5.73 Å². The molecule has 0 radical (unpaired) electrons. The molecule has 1 atom stereocenters. The second-order valence-electron chi connectivity index (χ2n) is 4.68. The van der Waals surface area contributed by atoms with Crippen molar-refractivity contribution < 1.29 is 0 Å². The van der Waals surface area contributed by atoms with Crippen LogP contribution in [0, 0.1) is 0 Å². The highest BCUT2D eigenvalue weighted by Crippen LogP contribution is 2.28. The topological polar surface area (TPSA) is 26.0 Å². The zero-order valence-corrected chi connectivity index (χ0v) is 13.0. The highest BCUT2D eigenvalue weighted by Gasteiger charge is 2.08. The van der Waals surface area contributed by atoms with Gasteiger partial charge in [0.15, 0.2) is 0 Å². The molecule has 18 heavy (non-hydrogen) atoms. The van der Waals surface area contributed by atoms with Gasteiger partial charge in [-0.25, -0.2) is 0 Å². The maximum Gasteiger partial charge on any atom is 0.0417 e. The number of rotatable bonds is 8. The van der Waals surface area contributed by atoms with Crippen molar-refractivity contribution >= 4 is 23.4 Å². The molecule has 0 saturated heterocycles. The molecule has 1 nitrogen and oxygen atoms in total. The molecule has 0 saturated carbocycles. The lowest BCUT2D eigenvalue weighted by atomic mass is 10.1. The summed E-state index contributed by atoms with van der Waals surface area (Å²) in [4.78, 5) is 1.31. The number of hydrogen-bond acceptors (Lipinski definition) is 2. The van der Waals surface area contributed by atoms with Crippen LogP contribution in [0.2, 0.25) is 5.02 Å². The summed E-state index contributed by atoms with van der Waals surface area (Å²) in [6.07, 6.45) is 5.81. The average Bonchev–Trinajstić information content (AvgIpc) is 2.37. The Labute approximate surface area is 120 Å². The van der Waals surface area contributed by atoms with Gasteiger partial charge in [0, 0.05) is 16.0 Å². The number of thioether (sulfide) groups is 1. The van der Waals surface area contributed by atoms with Gasteiger partial charge in [0.2, 0.25) is 0 Å². The summed E-state index contributed by atoms with van der Waals surface area (Å²) in [5.74, 6) is 1.17. The van der Waals surface area contributed by atoms with Gasteiger partial charge in [-0.3, -0.25) is 0 Å². The minimum absolute atomic E-state index is 0.251. The molecule has 102 valence electrons. The minimum atomic E-state index is 0.251. The molecular weight excluding hydrogens is 262 g/mol. The smallest absolute Gasteiger partial charge is 0.0417 e. The van der Waals surface area contributed by atoms with Crippen molar-refractivity contribution in [3.8, 4) is 0 Å². The van der Waals surface area contributed by atoms with Gasteiger partial charge in [-0.2, -0.15) is 0 Å². The fourth-order valence-corrected chi connectivity index (χ4v) is 3.14. The Morgan fingerprint density at radius 1 is 1.28 bits per heavy atom. The Kier molecular flexibility index (Phi) is 7.80. The Hall–Kier alpha value is -0.180. The van der Waals surface area contributed by atoms with Crippen LogP contribution in [-0.4, -0.2) is 11.8 Å². The summed E-state index contributed by atoms with van der Waals surface area (Å²) in [6, 6.07) is 6.42. The van der Waals surface area contributed by atoms with E-state index < -0.39 is 0 Å². The molecule has 0 fully saturated rings. The molecule has 1 aromatic carbocycles. The first-order valence-corrected chi connectivity index (χ1v) is 8.20. The number of hydrogen-bond donors (Lipinski definition) is 1. The Bertz CT molecular complexity index is 354. The van der Waals surface area contributed by atoms with E-state index in [4.69, 9.17) is 17.3 Å². The van der Waals surface area contributed by atoms with Gasteiger partial charge >= 0.3 is 0 Å². The number of benzene rings is 1. The van der Waals surface area contributed by atoms with Crippen LogP contribution in [0.25, 0.3) is 0 Å². The first-order valence-electron chi connectivity index (χ1n) is 6.84. The van der Waals surface area contributed by atoms with E-state index in [0.29, 0.717) is 0 Å². The van der Waals surface area contributed by atoms with E-state index in [1.807, 2.05) is 17.8 Å². The molecule has 0 aliphatic heterocycles. The molecule has 0 spiro atoms. The summed E-state index contributed by atoms with van der Waals surface area (Å²) in [5, 5.41) is 0.821. The summed E-state index contributed by atoms with van der Waals surface area (Å²) < 4.78 is 0. The van der Waals surface area contributed by atoms with E-state index in [-0.39, 0.29) is 6.04 Å². The Balaban J connectivity index is 2.64. The fourth-order valence-electron chi connectivity index (χ4n) is 1.79. The van der Waals surface area contributed by atoms with Gasteiger partial charge in [0.25, 0.3) is 0 Å². The first kappa shape index (κ1) is 15.9. The third kappa shape index (κ3) is 5.64. The molecule has 0 amide bonds. The fraction of sp³-hybridized carbons (Fsp3) is 0.600. The predicted molar refractivity (Wildman–Crippen MR) is 83.7 cm³/mol. The van der Waals surface area contributed by atoms with Crippen LogP contribution >= 0.6 is 23.4 Å². The Morgan fingerprint density at radius 2 is 2.06 bits per heavy atom. The molecule has 0 bridgehead atoms. The predicted octanol–water partition coefficient (Wildman–Crippen LogP) is 4.90. The van der Waals surface area contributed by atoms with Crippen molar-refractivity contribution in [2.75, 3.05) is 5.75 Å². The second kappa shape index (κ2) is 8.84. The average molecular weight is 286 g/mol. The molecule has 0 aliphatic carbocycles. The van der Waals surface area contributed by atoms with Crippen LogP contribution in [0.3, 0.4) is 0 Å². The van der Waals surface area contributed by atoms with Gasteiger partial charge in [-0.15, -0.1) is 11.8 Å². The van der Waals surface area contributed by atoms with Crippen molar-refractivity contribution in [3.63, 3.8) is 0 Å². The van der Waals surface area contributed by atoms with Crippen LogP contribution in [0.5, 0.6) is 0 Å². The van der Waals surface area contributed by atoms with Crippen LogP contribution in [-0.2, 0) is 6.42 Å². The number of halogens is 1. The molecule has 0 aliphatic rings. The van der Waals surface area contributed by atoms with Crippen LogP contribution in [0.15, 0.2) is 23.1 Å². The van der Waals surface area contributed by atoms with Gasteiger partial charge in [0.05, 0.1) is 0 Å². The molecule has 3 heteroatoms. The second-order valence-corrected chi connectivity index (χ2v) is 6.25. The number of nitrogens with two attached hydrogens (primary N) is 1. The van der Waals surface area contributed by atoms with E-state index in [2.05, 4.69) is 26.0 Å². The van der Waals surface area contributed by atoms with Crippen molar-refractivity contribution in [1.82, 2.24) is 0 Å². The molecular formula is C15H24ClNS. The van der Waals surface area contributed by atoms with Crippen molar-refractivity contribution in [2.45, 2.75) is 56.9 Å². The quantitative estimate of drug-likeness (QED) is 0.543. The first-order chi connectivity index (χ1) is 8.67. The molecule has 1 aromatic rings. The minimum Gasteiger partial charge on any atom is -0.327 e. The van der Waals surface area contributed by atoms with E-state index in [9.17, 15) is 0 Å². The van der Waals surface area contributed by atoms with Gasteiger partial charge in [0.1, 0.15) is 0 Å². The maximum atomic E-state index is 6.08. The molecule has 0 heterocycles. The summed E-state index contributed by atoms with van der Waals surface area (Å²) in [7, 11) is 0. The lowest BCUT2D eigenvalue weighted by molar-refractivity contribution is 0.641.